The van der Waals surface area contributed by atoms with Gasteiger partial charge in [-0.2, -0.15) is 0 Å². The molecule has 0 radical (unpaired) electrons. The fraction of sp³-hybridized carbons (Fsp3) is 0.800. The number of amides is 1. The van der Waals surface area contributed by atoms with Gasteiger partial charge in [-0.15, -0.1) is 0 Å². The largest absolute Gasteiger partial charge is 0.481 e. The average Bonchev–Trinajstić information content (AvgIpc) is 2.28. The van der Waals surface area contributed by atoms with E-state index in [9.17, 15) is 9.59 Å². The number of aliphatic carboxylic acids is 1. The first-order chi connectivity index (χ1) is 7.52. The van der Waals surface area contributed by atoms with Crippen LogP contribution >= 0.6 is 0 Å². The number of hydrazine groups is 1. The molecule has 92 valence electrons. The molecule has 6 nitrogen and oxygen atoms in total. The molecule has 1 aliphatic heterocycles. The number of carbonyl (C=O) groups excluding carboxylic acids is 1. The summed E-state index contributed by atoms with van der Waals surface area (Å²) in [5.41, 5.74) is 2.71. The predicted molar refractivity (Wildman–Crippen MR) is 56.5 cm³/mol. The summed E-state index contributed by atoms with van der Waals surface area (Å²) < 4.78 is 5.14. The number of hydrogen-bond donors (Lipinski definition) is 2. The van der Waals surface area contributed by atoms with Crippen LogP contribution in [0.4, 0.5) is 0 Å². The lowest BCUT2D eigenvalue weighted by atomic mass is 9.96. The van der Waals surface area contributed by atoms with Gasteiger partial charge in [0.05, 0.1) is 19.1 Å². The molecule has 6 heteroatoms. The molecule has 0 aromatic carbocycles. The first-order valence-electron chi connectivity index (χ1n) is 5.38. The maximum atomic E-state index is 11.7. The third-order valence-corrected chi connectivity index (χ3v) is 2.83. The molecule has 2 unspecified atom stereocenters. The summed E-state index contributed by atoms with van der Waals surface area (Å²) in [7, 11) is 0. The zero-order valence-electron chi connectivity index (χ0n) is 9.60. The molecule has 0 aromatic heterocycles. The van der Waals surface area contributed by atoms with E-state index in [0.29, 0.717) is 26.3 Å². The lowest BCUT2D eigenvalue weighted by molar-refractivity contribution is -0.147. The van der Waals surface area contributed by atoms with Crippen molar-refractivity contribution in [2.24, 2.45) is 11.8 Å². The van der Waals surface area contributed by atoms with E-state index in [0.717, 1.165) is 0 Å². The first-order valence-corrected chi connectivity index (χ1v) is 5.38. The smallest absolute Gasteiger partial charge is 0.307 e. The van der Waals surface area contributed by atoms with Gasteiger partial charge >= 0.3 is 5.97 Å². The normalized spacial score (nSPS) is 21.1. The Bertz CT molecular complexity index is 264. The highest BCUT2D eigenvalue weighted by Crippen LogP contribution is 2.11. The second kappa shape index (κ2) is 5.81. The van der Waals surface area contributed by atoms with Crippen LogP contribution in [-0.4, -0.2) is 48.3 Å². The van der Waals surface area contributed by atoms with Crippen molar-refractivity contribution in [1.82, 2.24) is 10.4 Å². The van der Waals surface area contributed by atoms with E-state index in [1.807, 2.05) is 0 Å². The van der Waals surface area contributed by atoms with Crippen molar-refractivity contribution < 1.29 is 19.4 Å². The van der Waals surface area contributed by atoms with E-state index in [1.54, 1.807) is 11.9 Å². The summed E-state index contributed by atoms with van der Waals surface area (Å²) in [6.45, 7) is 5.60. The molecule has 0 saturated carbocycles. The lowest BCUT2D eigenvalue weighted by Gasteiger charge is -2.28. The third kappa shape index (κ3) is 3.46. The minimum atomic E-state index is -0.954. The molecule has 0 aromatic rings. The number of ether oxygens (including phenoxy) is 1. The van der Waals surface area contributed by atoms with Gasteiger partial charge in [-0.3, -0.25) is 15.0 Å². The van der Waals surface area contributed by atoms with Gasteiger partial charge in [0.15, 0.2) is 0 Å². The Kier molecular flexibility index (Phi) is 4.70. The summed E-state index contributed by atoms with van der Waals surface area (Å²) >= 11 is 0. The Morgan fingerprint density at radius 1 is 1.25 bits per heavy atom. The molecule has 1 rings (SSSR count). The standard InChI is InChI=1S/C10H18N2O4/c1-7(8(2)10(14)15)9(13)11-12-3-5-16-6-4-12/h7-8H,3-6H2,1-2H3,(H,11,13)(H,14,15). The van der Waals surface area contributed by atoms with E-state index < -0.39 is 17.8 Å². The monoisotopic (exact) mass is 230 g/mol. The second-order valence-corrected chi connectivity index (χ2v) is 3.99. The van der Waals surface area contributed by atoms with E-state index in [2.05, 4.69) is 5.43 Å². The molecular formula is C10H18N2O4. The zero-order valence-corrected chi connectivity index (χ0v) is 9.60. The topological polar surface area (TPSA) is 78.9 Å². The minimum absolute atomic E-state index is 0.253. The Morgan fingerprint density at radius 2 is 1.81 bits per heavy atom. The van der Waals surface area contributed by atoms with E-state index in [1.165, 1.54) is 6.92 Å². The van der Waals surface area contributed by atoms with Gasteiger partial charge in [0.25, 0.3) is 0 Å². The molecule has 16 heavy (non-hydrogen) atoms. The van der Waals surface area contributed by atoms with Gasteiger partial charge in [0, 0.05) is 19.0 Å². The molecule has 0 aliphatic carbocycles. The van der Waals surface area contributed by atoms with Crippen LogP contribution in [0.5, 0.6) is 0 Å². The zero-order chi connectivity index (χ0) is 12.1. The fourth-order valence-corrected chi connectivity index (χ4v) is 1.37. The summed E-state index contributed by atoms with van der Waals surface area (Å²) in [6, 6.07) is 0. The maximum absolute atomic E-state index is 11.7. The van der Waals surface area contributed by atoms with Crippen LogP contribution in [0, 0.1) is 11.8 Å². The quantitative estimate of drug-likeness (QED) is 0.693. The number of rotatable bonds is 4. The van der Waals surface area contributed by atoms with Crippen molar-refractivity contribution in [1.29, 1.82) is 0 Å². The van der Waals surface area contributed by atoms with Gasteiger partial charge in [-0.05, 0) is 0 Å². The number of carboxylic acids is 1. The summed E-state index contributed by atoms with van der Waals surface area (Å²) in [6.07, 6.45) is 0. The fourth-order valence-electron chi connectivity index (χ4n) is 1.37. The SMILES string of the molecule is CC(C(=O)O)C(C)C(=O)NN1CCOCC1. The highest BCUT2D eigenvalue weighted by molar-refractivity contribution is 5.83. The summed E-state index contributed by atoms with van der Waals surface area (Å²) in [4.78, 5) is 22.4. The van der Waals surface area contributed by atoms with Crippen LogP contribution < -0.4 is 5.43 Å². The second-order valence-electron chi connectivity index (χ2n) is 3.99. The van der Waals surface area contributed by atoms with Crippen molar-refractivity contribution in [2.45, 2.75) is 13.8 Å². The van der Waals surface area contributed by atoms with Crippen LogP contribution in [0.1, 0.15) is 13.8 Å². The van der Waals surface area contributed by atoms with E-state index >= 15 is 0 Å². The number of hydrogen-bond acceptors (Lipinski definition) is 4. The van der Waals surface area contributed by atoms with Crippen molar-refractivity contribution >= 4 is 11.9 Å². The van der Waals surface area contributed by atoms with Crippen LogP contribution in [0.15, 0.2) is 0 Å². The van der Waals surface area contributed by atoms with Crippen LogP contribution in [0.25, 0.3) is 0 Å². The number of nitrogens with one attached hydrogen (secondary N) is 1. The molecule has 1 amide bonds. The lowest BCUT2D eigenvalue weighted by Crippen LogP contribution is -2.50. The molecule has 2 atom stereocenters. The van der Waals surface area contributed by atoms with Crippen LogP contribution in [0.2, 0.25) is 0 Å². The molecule has 1 fully saturated rings. The van der Waals surface area contributed by atoms with Gasteiger partial charge < -0.3 is 9.84 Å². The molecule has 2 N–H and O–H groups in total. The van der Waals surface area contributed by atoms with Crippen molar-refractivity contribution in [3.63, 3.8) is 0 Å². The summed E-state index contributed by atoms with van der Waals surface area (Å²) in [5.74, 6) is -2.43. The highest BCUT2D eigenvalue weighted by Gasteiger charge is 2.27. The number of carbonyl (C=O) groups is 2. The molecular weight excluding hydrogens is 212 g/mol. The third-order valence-electron chi connectivity index (χ3n) is 2.83. The van der Waals surface area contributed by atoms with E-state index in [-0.39, 0.29) is 5.91 Å². The number of nitrogens with zero attached hydrogens (tertiary/aromatic N) is 1. The molecule has 0 bridgehead atoms. The Morgan fingerprint density at radius 3 is 2.31 bits per heavy atom. The molecule has 0 spiro atoms. The van der Waals surface area contributed by atoms with Gasteiger partial charge in [0.2, 0.25) is 5.91 Å². The highest BCUT2D eigenvalue weighted by atomic mass is 16.5. The molecule has 1 aliphatic rings. The van der Waals surface area contributed by atoms with Gasteiger partial charge in [-0.25, -0.2) is 5.01 Å². The summed E-state index contributed by atoms with van der Waals surface area (Å²) in [5, 5.41) is 10.6. The van der Waals surface area contributed by atoms with Crippen LogP contribution in [-0.2, 0) is 14.3 Å². The van der Waals surface area contributed by atoms with Crippen molar-refractivity contribution in [3.05, 3.63) is 0 Å². The molecule has 1 saturated heterocycles. The molecule has 1 heterocycles. The predicted octanol–water partition coefficient (Wildman–Crippen LogP) is -0.293. The minimum Gasteiger partial charge on any atom is -0.481 e. The Hall–Kier alpha value is -1.14. The Balaban J connectivity index is 2.41. The maximum Gasteiger partial charge on any atom is 0.307 e. The number of carboxylic acid groups (broad SMARTS) is 1. The van der Waals surface area contributed by atoms with Crippen molar-refractivity contribution in [2.75, 3.05) is 26.3 Å². The van der Waals surface area contributed by atoms with Gasteiger partial charge in [0.1, 0.15) is 0 Å². The first kappa shape index (κ1) is 12.9. The van der Waals surface area contributed by atoms with Crippen molar-refractivity contribution in [3.8, 4) is 0 Å². The number of morpholine rings is 1. The van der Waals surface area contributed by atoms with Gasteiger partial charge in [-0.1, -0.05) is 13.8 Å². The Labute approximate surface area is 94.5 Å². The van der Waals surface area contributed by atoms with E-state index in [4.69, 9.17) is 9.84 Å². The van der Waals surface area contributed by atoms with Crippen LogP contribution in [0.3, 0.4) is 0 Å². The average molecular weight is 230 g/mol.